The summed E-state index contributed by atoms with van der Waals surface area (Å²) >= 11 is 35.8. The number of hydrogen-bond acceptors (Lipinski definition) is 16. The van der Waals surface area contributed by atoms with Crippen LogP contribution < -0.4 is 14.8 Å². The molecule has 4 aliphatic heterocycles. The number of hydrogen-bond donors (Lipinski definition) is 1. The van der Waals surface area contributed by atoms with E-state index in [1.807, 2.05) is 47.6 Å². The number of halogens is 6. The van der Waals surface area contributed by atoms with Crippen molar-refractivity contribution in [1.29, 1.82) is 0 Å². The molecule has 11 atom stereocenters. The van der Waals surface area contributed by atoms with Crippen LogP contribution in [0.2, 0.25) is 10.1 Å². The molecule has 0 bridgehead atoms. The number of amides is 1. The Hall–Kier alpha value is -3.05. The van der Waals surface area contributed by atoms with Crippen molar-refractivity contribution >= 4 is 96.4 Å². The number of methoxy groups -OCH3 is 1. The molecule has 0 unspecified atom stereocenters. The lowest BCUT2D eigenvalue weighted by atomic mass is 9.94. The van der Waals surface area contributed by atoms with Crippen LogP contribution in [0.1, 0.15) is 63.8 Å². The molecule has 1 N–H and O–H groups in total. The summed E-state index contributed by atoms with van der Waals surface area (Å²) in [6, 6.07) is 22.2. The molecule has 0 radical (unpaired) electrons. The molecule has 3 aromatic rings. The average molecular weight is 1130 g/mol. The van der Waals surface area contributed by atoms with Gasteiger partial charge in [0.15, 0.2) is 24.8 Å². The highest BCUT2D eigenvalue weighted by Gasteiger charge is 2.66. The SMILES string of the molecule is COc1ccc(O[C@@H]2O[C@@H]3CO[Si](C(C)(C)C)(C(C)(C)C)O[C@@H]3[C@H](O[C@@H]3O[C@@H]4CO[C@@H](c5ccccc5)O[C@H]4[C@H](OC(=O)OCC(Cl)(Cl)Cl)[C@H]3NC(=O)OCC(Cl)(Cl)Cl)[C@H]2OC(=O)c2ccccc2)cc1. The van der Waals surface area contributed by atoms with Gasteiger partial charge in [-0.25, -0.2) is 14.4 Å². The number of ether oxygens (including phenoxy) is 11. The van der Waals surface area contributed by atoms with Crippen LogP contribution in [0.4, 0.5) is 9.59 Å². The molecule has 0 aromatic heterocycles. The first-order valence-corrected chi connectivity index (χ1v) is 26.5. The second-order valence-corrected chi connectivity index (χ2v) is 28.8. The molecule has 0 saturated carbocycles. The van der Waals surface area contributed by atoms with E-state index in [2.05, 4.69) is 5.32 Å². The first-order chi connectivity index (χ1) is 33.3. The van der Waals surface area contributed by atoms with E-state index in [0.717, 1.165) is 0 Å². The number of esters is 1. The third kappa shape index (κ3) is 13.8. The normalized spacial score (nSPS) is 28.8. The van der Waals surface area contributed by atoms with Crippen molar-refractivity contribution in [2.75, 3.05) is 33.5 Å². The number of fused-ring (bicyclic) bond motifs is 2. The Balaban J connectivity index is 1.36. The fourth-order valence-corrected chi connectivity index (χ4v) is 14.2. The van der Waals surface area contributed by atoms with Crippen molar-refractivity contribution in [1.82, 2.24) is 5.32 Å². The number of rotatable bonds is 12. The van der Waals surface area contributed by atoms with E-state index < -0.39 is 125 Å². The van der Waals surface area contributed by atoms with Crippen LogP contribution in [0, 0.1) is 0 Å². The maximum atomic E-state index is 14.3. The van der Waals surface area contributed by atoms with Gasteiger partial charge in [0.25, 0.3) is 0 Å². The number of carbonyl (C=O) groups excluding carboxylic acids is 3. The Morgan fingerprint density at radius 1 is 0.662 bits per heavy atom. The summed E-state index contributed by atoms with van der Waals surface area (Å²) in [5.41, 5.74) is 0.798. The number of alkyl carbamates (subject to hydrolysis) is 1. The van der Waals surface area contributed by atoms with E-state index in [-0.39, 0.29) is 18.8 Å². The highest BCUT2D eigenvalue weighted by molar-refractivity contribution is 6.73. The van der Waals surface area contributed by atoms with E-state index in [0.29, 0.717) is 17.1 Å². The van der Waals surface area contributed by atoms with Crippen molar-refractivity contribution in [3.05, 3.63) is 96.1 Å². The standard InChI is InChI=1S/C47H55Cl6NO16Si/c1-44(2,3)71(45(4,5)6)62-23-31-34(70-71)36(37(66-38(55)26-14-10-8-11-15-26)41(65-31)63-29-20-18-28(58-7)19-21-29)68-40-32(54-42(56)60-24-46(48,49)50)35(69-43(57)61-25-47(51,52)53)33-30(64-40)22-59-39(67-33)27-16-12-9-13-17-27/h8-21,30-37,39-41H,22-25H2,1-7H3,(H,54,56)/t30-,31-,32-,33-,34+,35-,36+,37-,39-,40+,41-/m1/s1. The number of carbonyl (C=O) groups is 3. The summed E-state index contributed by atoms with van der Waals surface area (Å²) in [6.07, 6.45) is -15.4. The topological polar surface area (TPSA) is 183 Å². The van der Waals surface area contributed by atoms with E-state index in [9.17, 15) is 14.4 Å². The van der Waals surface area contributed by atoms with Gasteiger partial charge < -0.3 is 66.3 Å². The van der Waals surface area contributed by atoms with Crippen molar-refractivity contribution < 1.29 is 75.3 Å². The molecule has 0 aliphatic carbocycles. The number of nitrogens with one attached hydrogen (secondary N) is 1. The average Bonchev–Trinajstić information content (AvgIpc) is 3.31. The van der Waals surface area contributed by atoms with Gasteiger partial charge in [-0.15, -0.1) is 0 Å². The van der Waals surface area contributed by atoms with Crippen molar-refractivity contribution in [3.8, 4) is 11.5 Å². The minimum atomic E-state index is -3.42. The predicted molar refractivity (Wildman–Crippen MR) is 263 cm³/mol. The molecule has 4 aliphatic rings. The monoisotopic (exact) mass is 1130 g/mol. The van der Waals surface area contributed by atoms with Crippen LogP contribution in [0.3, 0.4) is 0 Å². The second kappa shape index (κ2) is 22.8. The lowest BCUT2D eigenvalue weighted by Crippen LogP contribution is -2.74. The summed E-state index contributed by atoms with van der Waals surface area (Å²) in [5, 5.41) is 1.52. The molecular formula is C47H55Cl6NO16Si. The van der Waals surface area contributed by atoms with Crippen molar-refractivity contribution in [2.24, 2.45) is 0 Å². The lowest BCUT2D eigenvalue weighted by molar-refractivity contribution is -0.369. The number of alkyl halides is 6. The van der Waals surface area contributed by atoms with E-state index in [4.69, 9.17) is 131 Å². The molecule has 4 fully saturated rings. The van der Waals surface area contributed by atoms with Gasteiger partial charge in [-0.3, -0.25) is 0 Å². The highest BCUT2D eigenvalue weighted by atomic mass is 35.6. The van der Waals surface area contributed by atoms with Crippen molar-refractivity contribution in [2.45, 2.75) is 127 Å². The third-order valence-corrected chi connectivity index (χ3v) is 17.6. The quantitative estimate of drug-likeness (QED) is 0.0782. The summed E-state index contributed by atoms with van der Waals surface area (Å²) in [4.78, 5) is 41.8. The largest absolute Gasteiger partial charge is 0.508 e. The molecule has 3 aromatic carbocycles. The van der Waals surface area contributed by atoms with E-state index in [1.165, 1.54) is 7.11 Å². The van der Waals surface area contributed by atoms with Crippen LogP contribution in [0.15, 0.2) is 84.9 Å². The highest BCUT2D eigenvalue weighted by Crippen LogP contribution is 2.56. The second-order valence-electron chi connectivity index (χ2n) is 19.0. The van der Waals surface area contributed by atoms with Gasteiger partial charge in [0.05, 0.1) is 25.9 Å². The Bertz CT molecular complexity index is 2250. The first-order valence-electron chi connectivity index (χ1n) is 22.4. The molecule has 24 heteroatoms. The maximum Gasteiger partial charge on any atom is 0.508 e. The minimum absolute atomic E-state index is 0.00228. The zero-order valence-corrected chi connectivity index (χ0v) is 45.1. The van der Waals surface area contributed by atoms with E-state index in [1.54, 1.807) is 78.9 Å². The Morgan fingerprint density at radius 2 is 1.24 bits per heavy atom. The zero-order chi connectivity index (χ0) is 51.5. The Labute approximate surface area is 442 Å². The zero-order valence-electron chi connectivity index (χ0n) is 39.6. The molecule has 17 nitrogen and oxygen atoms in total. The smallest absolute Gasteiger partial charge is 0.497 e. The van der Waals surface area contributed by atoms with Gasteiger partial charge >= 0.3 is 26.8 Å². The van der Waals surface area contributed by atoms with Crippen LogP contribution in [0.25, 0.3) is 0 Å². The van der Waals surface area contributed by atoms with Gasteiger partial charge in [0, 0.05) is 15.6 Å². The van der Waals surface area contributed by atoms with Gasteiger partial charge in [-0.1, -0.05) is 160 Å². The molecule has 0 spiro atoms. The summed E-state index contributed by atoms with van der Waals surface area (Å²) in [5.74, 6) is 0.0801. The molecule has 4 saturated heterocycles. The molecule has 71 heavy (non-hydrogen) atoms. The Morgan fingerprint density at radius 3 is 1.85 bits per heavy atom. The molecular weight excluding hydrogens is 1080 g/mol. The number of benzene rings is 3. The van der Waals surface area contributed by atoms with Crippen LogP contribution in [-0.4, -0.2) is 129 Å². The van der Waals surface area contributed by atoms with Crippen LogP contribution >= 0.6 is 69.6 Å². The minimum Gasteiger partial charge on any atom is -0.497 e. The fourth-order valence-electron chi connectivity index (χ4n) is 8.95. The summed E-state index contributed by atoms with van der Waals surface area (Å²) in [7, 11) is -1.90. The van der Waals surface area contributed by atoms with Gasteiger partial charge in [0.1, 0.15) is 61.3 Å². The van der Waals surface area contributed by atoms with Gasteiger partial charge in [0.2, 0.25) is 13.9 Å². The van der Waals surface area contributed by atoms with Gasteiger partial charge in [-0.2, -0.15) is 0 Å². The van der Waals surface area contributed by atoms with Crippen LogP contribution in [-0.2, 0) is 51.5 Å². The summed E-state index contributed by atoms with van der Waals surface area (Å²) < 4.78 is 78.2. The fraction of sp³-hybridized carbons (Fsp3) is 0.553. The molecule has 7 rings (SSSR count). The summed E-state index contributed by atoms with van der Waals surface area (Å²) in [6.45, 7) is 10.5. The molecule has 390 valence electrons. The Kier molecular flexibility index (Phi) is 17.9. The van der Waals surface area contributed by atoms with Gasteiger partial charge in [-0.05, 0) is 36.4 Å². The predicted octanol–water partition coefficient (Wildman–Crippen LogP) is 10.1. The maximum absolute atomic E-state index is 14.3. The first kappa shape index (κ1) is 55.7. The molecule has 4 heterocycles. The van der Waals surface area contributed by atoms with Crippen LogP contribution in [0.5, 0.6) is 11.5 Å². The van der Waals surface area contributed by atoms with E-state index >= 15 is 0 Å². The van der Waals surface area contributed by atoms with Crippen molar-refractivity contribution in [3.63, 3.8) is 0 Å². The molecule has 1 amide bonds. The third-order valence-electron chi connectivity index (χ3n) is 11.8. The lowest BCUT2D eigenvalue weighted by Gasteiger charge is -2.58.